The minimum Gasteiger partial charge on any atom is -0.374 e. The van der Waals surface area contributed by atoms with E-state index >= 15 is 0 Å². The van der Waals surface area contributed by atoms with Crippen LogP contribution in [-0.4, -0.2) is 11.9 Å². The van der Waals surface area contributed by atoms with Crippen LogP contribution in [0, 0.1) is 34.5 Å². The highest BCUT2D eigenvalue weighted by molar-refractivity contribution is 5.87. The van der Waals surface area contributed by atoms with Gasteiger partial charge in [-0.25, -0.2) is 0 Å². The zero-order valence-corrected chi connectivity index (χ0v) is 17.7. The SMILES string of the molecule is C[C@]12CC[C@@H](OCc3ccccc3)C[C@H]1CC[C@@H]1[C@@H]2CC[C@]2(C)C(=O)CC[C@@H]12. The van der Waals surface area contributed by atoms with Crippen molar-refractivity contribution in [3.05, 3.63) is 35.9 Å². The molecule has 4 saturated carbocycles. The molecule has 152 valence electrons. The molecule has 0 bridgehead atoms. The second kappa shape index (κ2) is 6.97. The number of carbonyl (C=O) groups excluding carboxylic acids is 1. The standard InChI is InChI=1S/C26H36O2/c1-25-14-12-20(28-17-18-6-4-3-5-7-18)16-19(25)8-9-21-22-10-11-24(27)26(22,2)15-13-23(21)25/h3-7,19-23H,8-17H2,1-2H3/t19-,20-,21+,22+,23+,25+,26+/m1/s1. The van der Waals surface area contributed by atoms with Gasteiger partial charge >= 0.3 is 0 Å². The summed E-state index contributed by atoms with van der Waals surface area (Å²) in [5.74, 6) is 3.69. The molecule has 0 unspecified atom stereocenters. The molecule has 0 aromatic heterocycles. The molecule has 5 rings (SSSR count). The van der Waals surface area contributed by atoms with Gasteiger partial charge in [0, 0.05) is 11.8 Å². The Kier molecular flexibility index (Phi) is 4.69. The Morgan fingerprint density at radius 1 is 0.964 bits per heavy atom. The van der Waals surface area contributed by atoms with Crippen molar-refractivity contribution in [1.29, 1.82) is 0 Å². The fourth-order valence-electron chi connectivity index (χ4n) is 7.93. The summed E-state index contributed by atoms with van der Waals surface area (Å²) in [6.45, 7) is 5.65. The minimum atomic E-state index is 0.0142. The van der Waals surface area contributed by atoms with Crippen molar-refractivity contribution in [1.82, 2.24) is 0 Å². The van der Waals surface area contributed by atoms with Gasteiger partial charge in [-0.2, -0.15) is 0 Å². The van der Waals surface area contributed by atoms with Crippen LogP contribution in [0.2, 0.25) is 0 Å². The minimum absolute atomic E-state index is 0.0142. The quantitative estimate of drug-likeness (QED) is 0.625. The van der Waals surface area contributed by atoms with E-state index in [4.69, 9.17) is 4.74 Å². The summed E-state index contributed by atoms with van der Waals surface area (Å²) >= 11 is 0. The fourth-order valence-corrected chi connectivity index (χ4v) is 7.93. The first-order chi connectivity index (χ1) is 13.5. The second-order valence-electron chi connectivity index (χ2n) is 10.8. The predicted octanol–water partition coefficient (Wildman–Crippen LogP) is 6.18. The van der Waals surface area contributed by atoms with Crippen molar-refractivity contribution in [2.45, 2.75) is 84.3 Å². The van der Waals surface area contributed by atoms with E-state index in [1.165, 1.54) is 50.5 Å². The van der Waals surface area contributed by atoms with Crippen LogP contribution in [0.4, 0.5) is 0 Å². The number of ketones is 1. The number of hydrogen-bond acceptors (Lipinski definition) is 2. The molecule has 4 aliphatic carbocycles. The van der Waals surface area contributed by atoms with Crippen LogP contribution in [0.5, 0.6) is 0 Å². The van der Waals surface area contributed by atoms with E-state index < -0.39 is 0 Å². The molecule has 1 aromatic carbocycles. The van der Waals surface area contributed by atoms with Crippen LogP contribution in [-0.2, 0) is 16.1 Å². The van der Waals surface area contributed by atoms with Gasteiger partial charge in [0.2, 0.25) is 0 Å². The Bertz CT molecular complexity index is 727. The molecule has 0 heterocycles. The summed E-state index contributed by atoms with van der Waals surface area (Å²) in [4.78, 5) is 12.6. The molecule has 0 saturated heterocycles. The van der Waals surface area contributed by atoms with E-state index in [1.807, 2.05) is 0 Å². The lowest BCUT2D eigenvalue weighted by molar-refractivity contribution is -0.145. The van der Waals surface area contributed by atoms with Gasteiger partial charge in [0.25, 0.3) is 0 Å². The molecule has 0 spiro atoms. The Balaban J connectivity index is 1.27. The van der Waals surface area contributed by atoms with Crippen molar-refractivity contribution < 1.29 is 9.53 Å². The van der Waals surface area contributed by atoms with E-state index in [0.29, 0.717) is 23.2 Å². The average Bonchev–Trinajstić information content (AvgIpc) is 3.02. The highest BCUT2D eigenvalue weighted by Crippen LogP contribution is 2.65. The predicted molar refractivity (Wildman–Crippen MR) is 112 cm³/mol. The summed E-state index contributed by atoms with van der Waals surface area (Å²) in [5.41, 5.74) is 1.78. The van der Waals surface area contributed by atoms with Gasteiger partial charge in [-0.1, -0.05) is 44.2 Å². The van der Waals surface area contributed by atoms with E-state index in [-0.39, 0.29) is 5.41 Å². The summed E-state index contributed by atoms with van der Waals surface area (Å²) in [6, 6.07) is 10.6. The van der Waals surface area contributed by atoms with Gasteiger partial charge in [0.05, 0.1) is 12.7 Å². The molecular formula is C26H36O2. The van der Waals surface area contributed by atoms with Crippen LogP contribution in [0.1, 0.15) is 77.2 Å². The molecule has 1 aromatic rings. The van der Waals surface area contributed by atoms with Crippen LogP contribution in [0.3, 0.4) is 0 Å². The number of carbonyl (C=O) groups is 1. The number of ether oxygens (including phenoxy) is 1. The Morgan fingerprint density at radius 2 is 1.79 bits per heavy atom. The normalized spacial score (nSPS) is 45.2. The zero-order valence-electron chi connectivity index (χ0n) is 17.7. The molecule has 4 aliphatic rings. The molecule has 0 N–H and O–H groups in total. The first kappa shape index (κ1) is 18.9. The molecule has 28 heavy (non-hydrogen) atoms. The number of rotatable bonds is 3. The van der Waals surface area contributed by atoms with E-state index in [1.54, 1.807) is 0 Å². The highest BCUT2D eigenvalue weighted by atomic mass is 16.5. The second-order valence-corrected chi connectivity index (χ2v) is 10.8. The highest BCUT2D eigenvalue weighted by Gasteiger charge is 2.60. The number of Topliss-reactive ketones (excluding diaryl/α,β-unsaturated/α-hetero) is 1. The summed E-state index contributed by atoms with van der Waals surface area (Å²) in [6.07, 6.45) is 11.3. The van der Waals surface area contributed by atoms with Gasteiger partial charge in [-0.3, -0.25) is 4.79 Å². The molecule has 2 heteroatoms. The molecule has 0 amide bonds. The zero-order chi connectivity index (χ0) is 19.4. The summed E-state index contributed by atoms with van der Waals surface area (Å²) < 4.78 is 6.35. The molecule has 2 nitrogen and oxygen atoms in total. The summed E-state index contributed by atoms with van der Waals surface area (Å²) in [5, 5.41) is 0. The van der Waals surface area contributed by atoms with Gasteiger partial charge in [-0.15, -0.1) is 0 Å². The maximum Gasteiger partial charge on any atom is 0.139 e. The monoisotopic (exact) mass is 380 g/mol. The maximum atomic E-state index is 12.6. The Morgan fingerprint density at radius 3 is 2.61 bits per heavy atom. The van der Waals surface area contributed by atoms with Crippen molar-refractivity contribution >= 4 is 5.78 Å². The molecule has 0 aliphatic heterocycles. The first-order valence-corrected chi connectivity index (χ1v) is 11.7. The van der Waals surface area contributed by atoms with Gasteiger partial charge in [-0.05, 0) is 86.0 Å². The van der Waals surface area contributed by atoms with Crippen molar-refractivity contribution in [2.75, 3.05) is 0 Å². The van der Waals surface area contributed by atoms with E-state index in [0.717, 1.165) is 37.2 Å². The molecular weight excluding hydrogens is 344 g/mol. The van der Waals surface area contributed by atoms with Crippen LogP contribution in [0.25, 0.3) is 0 Å². The Hall–Kier alpha value is -1.15. The summed E-state index contributed by atoms with van der Waals surface area (Å²) in [7, 11) is 0. The van der Waals surface area contributed by atoms with Crippen LogP contribution >= 0.6 is 0 Å². The van der Waals surface area contributed by atoms with E-state index in [2.05, 4.69) is 44.2 Å². The average molecular weight is 381 g/mol. The number of hydrogen-bond donors (Lipinski definition) is 0. The number of benzene rings is 1. The fraction of sp³-hybridized carbons (Fsp3) is 0.731. The first-order valence-electron chi connectivity index (χ1n) is 11.7. The van der Waals surface area contributed by atoms with Crippen molar-refractivity contribution in [2.24, 2.45) is 34.5 Å². The molecule has 7 atom stereocenters. The smallest absolute Gasteiger partial charge is 0.139 e. The lowest BCUT2D eigenvalue weighted by atomic mass is 9.45. The van der Waals surface area contributed by atoms with E-state index in [9.17, 15) is 4.79 Å². The lowest BCUT2D eigenvalue weighted by Crippen LogP contribution is -2.54. The topological polar surface area (TPSA) is 26.3 Å². The molecule has 4 fully saturated rings. The van der Waals surface area contributed by atoms with Gasteiger partial charge in [0.1, 0.15) is 5.78 Å². The third-order valence-electron chi connectivity index (χ3n) is 9.66. The van der Waals surface area contributed by atoms with Gasteiger partial charge < -0.3 is 4.74 Å². The lowest BCUT2D eigenvalue weighted by Gasteiger charge is -2.60. The van der Waals surface area contributed by atoms with Crippen LogP contribution < -0.4 is 0 Å². The maximum absolute atomic E-state index is 12.6. The Labute approximate surface area is 170 Å². The van der Waals surface area contributed by atoms with Crippen molar-refractivity contribution in [3.8, 4) is 0 Å². The third-order valence-corrected chi connectivity index (χ3v) is 9.66. The third kappa shape index (κ3) is 2.90. The van der Waals surface area contributed by atoms with Gasteiger partial charge in [0.15, 0.2) is 0 Å². The largest absolute Gasteiger partial charge is 0.374 e. The number of fused-ring (bicyclic) bond motifs is 5. The van der Waals surface area contributed by atoms with Crippen molar-refractivity contribution in [3.63, 3.8) is 0 Å². The van der Waals surface area contributed by atoms with Crippen LogP contribution in [0.15, 0.2) is 30.3 Å². The molecule has 0 radical (unpaired) electrons.